The van der Waals surface area contributed by atoms with Gasteiger partial charge >= 0.3 is 0 Å². The van der Waals surface area contributed by atoms with Crippen molar-refractivity contribution < 1.29 is 9.90 Å². The van der Waals surface area contributed by atoms with Crippen molar-refractivity contribution in [2.45, 2.75) is 57.5 Å². The number of phenolic OH excluding ortho intramolecular Hbond substituents is 1. The lowest BCUT2D eigenvalue weighted by atomic mass is 9.95. The number of hydrogen-bond acceptors (Lipinski definition) is 3. The van der Waals surface area contributed by atoms with E-state index >= 15 is 0 Å². The molecule has 3 rings (SSSR count). The van der Waals surface area contributed by atoms with Crippen molar-refractivity contribution in [3.63, 3.8) is 0 Å². The van der Waals surface area contributed by atoms with Crippen LogP contribution in [0.5, 0.6) is 5.75 Å². The minimum absolute atomic E-state index is 0.143. The molecule has 0 atom stereocenters. The van der Waals surface area contributed by atoms with Gasteiger partial charge in [-0.1, -0.05) is 30.5 Å². The van der Waals surface area contributed by atoms with E-state index in [-0.39, 0.29) is 5.91 Å². The number of phenols is 1. The van der Waals surface area contributed by atoms with Crippen LogP contribution in [0.1, 0.15) is 49.7 Å². The molecule has 2 saturated carbocycles. The Hall–Kier alpha value is -1.55. The Morgan fingerprint density at radius 3 is 2.73 bits per heavy atom. The molecular weight excluding hydrogens is 276 g/mol. The number of carbonyl (C=O) groups is 1. The number of benzene rings is 1. The van der Waals surface area contributed by atoms with Gasteiger partial charge in [-0.15, -0.1) is 0 Å². The molecular formula is C18H26N2O2. The summed E-state index contributed by atoms with van der Waals surface area (Å²) in [7, 11) is 0. The number of rotatable bonds is 6. The zero-order valence-corrected chi connectivity index (χ0v) is 13.3. The minimum atomic E-state index is -0.453. The third-order valence-electron chi connectivity index (χ3n) is 4.99. The molecule has 22 heavy (non-hydrogen) atoms. The summed E-state index contributed by atoms with van der Waals surface area (Å²) >= 11 is 0. The lowest BCUT2D eigenvalue weighted by molar-refractivity contribution is -0.127. The van der Waals surface area contributed by atoms with Gasteiger partial charge in [-0.05, 0) is 44.6 Å². The van der Waals surface area contributed by atoms with Crippen LogP contribution in [0.3, 0.4) is 0 Å². The predicted molar refractivity (Wildman–Crippen MR) is 86.6 cm³/mol. The highest BCUT2D eigenvalue weighted by Crippen LogP contribution is 2.32. The molecule has 1 amide bonds. The summed E-state index contributed by atoms with van der Waals surface area (Å²) in [5.41, 5.74) is 1.53. The molecule has 120 valence electrons. The van der Waals surface area contributed by atoms with Crippen LogP contribution in [-0.4, -0.2) is 23.1 Å². The van der Waals surface area contributed by atoms with E-state index in [4.69, 9.17) is 0 Å². The highest BCUT2D eigenvalue weighted by Gasteiger charge is 2.41. The average molecular weight is 302 g/mol. The van der Waals surface area contributed by atoms with Crippen LogP contribution >= 0.6 is 0 Å². The van der Waals surface area contributed by atoms with Crippen LogP contribution in [0.15, 0.2) is 18.2 Å². The van der Waals surface area contributed by atoms with Crippen LogP contribution in [0.2, 0.25) is 0 Å². The van der Waals surface area contributed by atoms with Gasteiger partial charge in [-0.2, -0.15) is 0 Å². The number of carbonyl (C=O) groups excluding carboxylic acids is 1. The van der Waals surface area contributed by atoms with Gasteiger partial charge in [0.2, 0.25) is 5.91 Å². The first-order valence-electron chi connectivity index (χ1n) is 8.41. The molecule has 0 spiro atoms. The summed E-state index contributed by atoms with van der Waals surface area (Å²) in [6.07, 6.45) is 6.44. The van der Waals surface area contributed by atoms with Crippen molar-refractivity contribution in [3.05, 3.63) is 29.3 Å². The molecule has 0 heterocycles. The van der Waals surface area contributed by atoms with Crippen molar-refractivity contribution in [1.29, 1.82) is 0 Å². The third kappa shape index (κ3) is 3.43. The molecule has 0 radical (unpaired) electrons. The summed E-state index contributed by atoms with van der Waals surface area (Å²) in [5, 5.41) is 16.6. The lowest BCUT2D eigenvalue weighted by Gasteiger charge is -2.29. The molecule has 1 aromatic rings. The van der Waals surface area contributed by atoms with Gasteiger partial charge in [0.05, 0.1) is 5.54 Å². The van der Waals surface area contributed by atoms with E-state index in [0.717, 1.165) is 43.4 Å². The SMILES string of the molecule is Cc1ccc(O)c(CNC2(C(=O)NCC3CC3)CCCC2)c1. The highest BCUT2D eigenvalue weighted by molar-refractivity contribution is 5.86. The second-order valence-electron chi connectivity index (χ2n) is 6.93. The molecule has 4 nitrogen and oxygen atoms in total. The molecule has 1 aromatic carbocycles. The normalized spacial score (nSPS) is 20.0. The first kappa shape index (κ1) is 15.3. The Morgan fingerprint density at radius 1 is 1.32 bits per heavy atom. The fraction of sp³-hybridized carbons (Fsp3) is 0.611. The Bertz CT molecular complexity index is 546. The van der Waals surface area contributed by atoms with Crippen LogP contribution in [-0.2, 0) is 11.3 Å². The Morgan fingerprint density at radius 2 is 2.05 bits per heavy atom. The topological polar surface area (TPSA) is 61.4 Å². The maximum atomic E-state index is 12.6. The maximum absolute atomic E-state index is 12.6. The zero-order valence-electron chi connectivity index (χ0n) is 13.3. The molecule has 3 N–H and O–H groups in total. The van der Waals surface area contributed by atoms with Gasteiger partial charge in [0.15, 0.2) is 0 Å². The summed E-state index contributed by atoms with van der Waals surface area (Å²) in [4.78, 5) is 12.6. The van der Waals surface area contributed by atoms with Crippen molar-refractivity contribution in [2.24, 2.45) is 5.92 Å². The largest absolute Gasteiger partial charge is 0.508 e. The van der Waals surface area contributed by atoms with Crippen LogP contribution < -0.4 is 10.6 Å². The van der Waals surface area contributed by atoms with Crippen molar-refractivity contribution >= 4 is 5.91 Å². The monoisotopic (exact) mass is 302 g/mol. The first-order valence-corrected chi connectivity index (χ1v) is 8.41. The number of aromatic hydroxyl groups is 1. The van der Waals surface area contributed by atoms with Crippen LogP contribution in [0.4, 0.5) is 0 Å². The van der Waals surface area contributed by atoms with E-state index in [1.165, 1.54) is 12.8 Å². The summed E-state index contributed by atoms with van der Waals surface area (Å²) in [6, 6.07) is 5.60. The van der Waals surface area contributed by atoms with E-state index in [1.54, 1.807) is 6.07 Å². The van der Waals surface area contributed by atoms with Gasteiger partial charge in [0.1, 0.15) is 5.75 Å². The van der Waals surface area contributed by atoms with E-state index in [0.29, 0.717) is 18.2 Å². The minimum Gasteiger partial charge on any atom is -0.508 e. The zero-order chi connectivity index (χ0) is 15.6. The summed E-state index contributed by atoms with van der Waals surface area (Å²) < 4.78 is 0. The molecule has 4 heteroatoms. The maximum Gasteiger partial charge on any atom is 0.240 e. The molecule has 0 bridgehead atoms. The lowest BCUT2D eigenvalue weighted by Crippen LogP contribution is -2.55. The predicted octanol–water partition coefficient (Wildman–Crippen LogP) is 2.63. The number of nitrogens with one attached hydrogen (secondary N) is 2. The molecule has 2 aliphatic carbocycles. The molecule has 0 aromatic heterocycles. The van der Waals surface area contributed by atoms with E-state index < -0.39 is 5.54 Å². The molecule has 0 saturated heterocycles. The molecule has 0 unspecified atom stereocenters. The van der Waals surface area contributed by atoms with Gasteiger partial charge < -0.3 is 10.4 Å². The van der Waals surface area contributed by atoms with Crippen molar-refractivity contribution in [1.82, 2.24) is 10.6 Å². The summed E-state index contributed by atoms with van der Waals surface area (Å²) in [6.45, 7) is 3.36. The van der Waals surface area contributed by atoms with Gasteiger partial charge in [-0.25, -0.2) is 0 Å². The van der Waals surface area contributed by atoms with Crippen molar-refractivity contribution in [2.75, 3.05) is 6.54 Å². The number of hydrogen-bond donors (Lipinski definition) is 3. The Balaban J connectivity index is 1.65. The number of amides is 1. The summed E-state index contributed by atoms with van der Waals surface area (Å²) in [5.74, 6) is 1.14. The Kier molecular flexibility index (Phi) is 4.39. The first-order chi connectivity index (χ1) is 10.6. The second kappa shape index (κ2) is 6.29. The van der Waals surface area contributed by atoms with E-state index in [2.05, 4.69) is 10.6 Å². The van der Waals surface area contributed by atoms with Crippen LogP contribution in [0, 0.1) is 12.8 Å². The Labute approximate surface area is 132 Å². The molecule has 2 fully saturated rings. The standard InChI is InChI=1S/C18H26N2O2/c1-13-4-7-16(21)15(10-13)12-20-18(8-2-3-9-18)17(22)19-11-14-5-6-14/h4,7,10,14,20-21H,2-3,5-6,8-9,11-12H2,1H3,(H,19,22). The van der Waals surface area contributed by atoms with Crippen LogP contribution in [0.25, 0.3) is 0 Å². The smallest absolute Gasteiger partial charge is 0.240 e. The van der Waals surface area contributed by atoms with Crippen molar-refractivity contribution in [3.8, 4) is 5.75 Å². The van der Waals surface area contributed by atoms with Gasteiger partial charge in [-0.3, -0.25) is 10.1 Å². The fourth-order valence-corrected chi connectivity index (χ4v) is 3.31. The average Bonchev–Trinajstić information content (AvgIpc) is 3.22. The second-order valence-corrected chi connectivity index (χ2v) is 6.93. The quantitative estimate of drug-likeness (QED) is 0.757. The molecule has 2 aliphatic rings. The fourth-order valence-electron chi connectivity index (χ4n) is 3.31. The number of aryl methyl sites for hydroxylation is 1. The molecule has 0 aliphatic heterocycles. The van der Waals surface area contributed by atoms with E-state index in [9.17, 15) is 9.90 Å². The third-order valence-corrected chi connectivity index (χ3v) is 4.99. The van der Waals surface area contributed by atoms with Gasteiger partial charge in [0.25, 0.3) is 0 Å². The highest BCUT2D eigenvalue weighted by atomic mass is 16.3. The van der Waals surface area contributed by atoms with Gasteiger partial charge in [0, 0.05) is 18.7 Å². The van der Waals surface area contributed by atoms with E-state index in [1.807, 2.05) is 19.1 Å².